The summed E-state index contributed by atoms with van der Waals surface area (Å²) in [5.74, 6) is 0.195. The van der Waals surface area contributed by atoms with Gasteiger partial charge in [-0.05, 0) is 32.4 Å². The van der Waals surface area contributed by atoms with Gasteiger partial charge in [0.1, 0.15) is 0 Å². The first kappa shape index (κ1) is 21.4. The van der Waals surface area contributed by atoms with Crippen LogP contribution in [0, 0.1) is 0 Å². The summed E-state index contributed by atoms with van der Waals surface area (Å²) in [6.07, 6.45) is 11.2. The van der Waals surface area contributed by atoms with Gasteiger partial charge in [0, 0.05) is 26.1 Å². The minimum atomic E-state index is 0.195. The minimum Gasteiger partial charge on any atom is -0.396 e. The molecule has 0 atom stereocenters. The van der Waals surface area contributed by atoms with Crippen molar-refractivity contribution < 1.29 is 9.90 Å². The van der Waals surface area contributed by atoms with E-state index in [1.807, 2.05) is 0 Å². The molecule has 0 aliphatic rings. The van der Waals surface area contributed by atoms with Gasteiger partial charge >= 0.3 is 0 Å². The van der Waals surface area contributed by atoms with Crippen LogP contribution in [0.4, 0.5) is 0 Å². The van der Waals surface area contributed by atoms with Crippen molar-refractivity contribution in [3.63, 3.8) is 0 Å². The van der Waals surface area contributed by atoms with Gasteiger partial charge in [-0.25, -0.2) is 0 Å². The van der Waals surface area contributed by atoms with Crippen LogP contribution in [0.25, 0.3) is 0 Å². The molecule has 0 radical (unpaired) electrons. The third kappa shape index (κ3) is 14.3. The maximum atomic E-state index is 11.5. The van der Waals surface area contributed by atoms with Crippen LogP contribution in [0.3, 0.4) is 0 Å². The van der Waals surface area contributed by atoms with Gasteiger partial charge in [0.05, 0.1) is 0 Å². The molecule has 0 aliphatic carbocycles. The van der Waals surface area contributed by atoms with Gasteiger partial charge in [0.15, 0.2) is 0 Å². The molecule has 0 aromatic rings. The highest BCUT2D eigenvalue weighted by Gasteiger charge is 2.04. The van der Waals surface area contributed by atoms with Crippen LogP contribution in [0.1, 0.15) is 78.1 Å². The first-order valence-corrected chi connectivity index (χ1v) is 9.34. The van der Waals surface area contributed by atoms with Gasteiger partial charge in [0.25, 0.3) is 0 Å². The van der Waals surface area contributed by atoms with E-state index in [9.17, 15) is 4.79 Å². The Kier molecular flexibility index (Phi) is 16.3. The molecule has 0 fully saturated rings. The number of aliphatic hydroxyl groups is 1. The number of carbonyl (C=O) groups excluding carboxylic acids is 1. The van der Waals surface area contributed by atoms with Crippen LogP contribution in [0.2, 0.25) is 0 Å². The predicted octanol–water partition coefficient (Wildman–Crippen LogP) is 3.34. The maximum absolute atomic E-state index is 11.5. The number of hydrogen-bond donors (Lipinski definition) is 2. The number of likely N-dealkylation sites (N-methyl/N-ethyl adjacent to an activating group) is 1. The van der Waals surface area contributed by atoms with E-state index >= 15 is 0 Å². The molecule has 0 bridgehead atoms. The lowest BCUT2D eigenvalue weighted by Gasteiger charge is -2.20. The number of nitrogens with one attached hydrogen (secondary N) is 1. The smallest absolute Gasteiger partial charge is 0.220 e. The fraction of sp³-hybridized carbons (Fsp3) is 0.944. The van der Waals surface area contributed by atoms with Crippen LogP contribution in [0.5, 0.6) is 0 Å². The number of unbranched alkanes of at least 4 members (excludes halogenated alkanes) is 7. The average molecular weight is 315 g/mol. The molecule has 0 heterocycles. The summed E-state index contributed by atoms with van der Waals surface area (Å²) in [5.41, 5.74) is 0. The SMILES string of the molecule is CCCCC(=O)NCCN(CC)CCCCCCCCCO. The van der Waals surface area contributed by atoms with Gasteiger partial charge in [-0.15, -0.1) is 0 Å². The van der Waals surface area contributed by atoms with E-state index in [1.165, 1.54) is 32.1 Å². The second-order valence-electron chi connectivity index (χ2n) is 6.09. The number of rotatable bonds is 16. The summed E-state index contributed by atoms with van der Waals surface area (Å²) in [6.45, 7) is 8.56. The standard InChI is InChI=1S/C18H38N2O2/c1-3-5-13-18(22)19-14-16-20(4-2)15-11-9-7-6-8-10-12-17-21/h21H,3-17H2,1-2H3,(H,19,22). The molecule has 0 aromatic carbocycles. The van der Waals surface area contributed by atoms with E-state index in [1.54, 1.807) is 0 Å². The summed E-state index contributed by atoms with van der Waals surface area (Å²) < 4.78 is 0. The Labute approximate surface area is 137 Å². The van der Waals surface area contributed by atoms with Crippen molar-refractivity contribution in [3.05, 3.63) is 0 Å². The normalized spacial score (nSPS) is 11.1. The first-order valence-electron chi connectivity index (χ1n) is 9.34. The van der Waals surface area contributed by atoms with Crippen molar-refractivity contribution >= 4 is 5.91 Å². The average Bonchev–Trinajstić information content (AvgIpc) is 2.53. The Bertz CT molecular complexity index is 247. The predicted molar refractivity (Wildman–Crippen MR) is 94.1 cm³/mol. The Morgan fingerprint density at radius 1 is 0.909 bits per heavy atom. The van der Waals surface area contributed by atoms with E-state index in [4.69, 9.17) is 5.11 Å². The highest BCUT2D eigenvalue weighted by Crippen LogP contribution is 2.07. The van der Waals surface area contributed by atoms with Crippen LogP contribution in [0.15, 0.2) is 0 Å². The van der Waals surface area contributed by atoms with Crippen molar-refractivity contribution in [1.82, 2.24) is 10.2 Å². The lowest BCUT2D eigenvalue weighted by Crippen LogP contribution is -2.35. The number of aliphatic hydroxyl groups excluding tert-OH is 1. The van der Waals surface area contributed by atoms with Crippen molar-refractivity contribution in [2.75, 3.05) is 32.8 Å². The van der Waals surface area contributed by atoms with Gasteiger partial charge in [0.2, 0.25) is 5.91 Å². The quantitative estimate of drug-likeness (QED) is 0.430. The van der Waals surface area contributed by atoms with E-state index in [0.29, 0.717) is 13.0 Å². The van der Waals surface area contributed by atoms with Crippen LogP contribution < -0.4 is 5.32 Å². The zero-order valence-electron chi connectivity index (χ0n) is 14.9. The van der Waals surface area contributed by atoms with E-state index in [-0.39, 0.29) is 5.91 Å². The maximum Gasteiger partial charge on any atom is 0.220 e. The molecular weight excluding hydrogens is 276 g/mol. The number of amides is 1. The first-order chi connectivity index (χ1) is 10.7. The largest absolute Gasteiger partial charge is 0.396 e. The molecule has 0 aromatic heterocycles. The fourth-order valence-corrected chi connectivity index (χ4v) is 2.54. The van der Waals surface area contributed by atoms with Crippen LogP contribution in [-0.2, 0) is 4.79 Å². The highest BCUT2D eigenvalue weighted by molar-refractivity contribution is 5.75. The molecule has 4 heteroatoms. The summed E-state index contributed by atoms with van der Waals surface area (Å²) >= 11 is 0. The third-order valence-electron chi connectivity index (χ3n) is 4.09. The van der Waals surface area contributed by atoms with E-state index < -0.39 is 0 Å². The summed E-state index contributed by atoms with van der Waals surface area (Å²) in [6, 6.07) is 0. The van der Waals surface area contributed by atoms with E-state index in [0.717, 1.165) is 51.9 Å². The summed E-state index contributed by atoms with van der Waals surface area (Å²) in [7, 11) is 0. The molecule has 0 rings (SSSR count). The fourth-order valence-electron chi connectivity index (χ4n) is 2.54. The van der Waals surface area contributed by atoms with Gasteiger partial charge in [-0.1, -0.05) is 52.4 Å². The van der Waals surface area contributed by atoms with Crippen molar-refractivity contribution in [2.24, 2.45) is 0 Å². The van der Waals surface area contributed by atoms with Crippen molar-refractivity contribution in [3.8, 4) is 0 Å². The number of hydrogen-bond acceptors (Lipinski definition) is 3. The van der Waals surface area contributed by atoms with Gasteiger partial charge in [-0.3, -0.25) is 4.79 Å². The second-order valence-corrected chi connectivity index (χ2v) is 6.09. The number of carbonyl (C=O) groups is 1. The van der Waals surface area contributed by atoms with Gasteiger partial charge < -0.3 is 15.3 Å². The molecule has 0 spiro atoms. The molecule has 1 amide bonds. The zero-order valence-corrected chi connectivity index (χ0v) is 14.9. The molecule has 0 unspecified atom stereocenters. The Morgan fingerprint density at radius 3 is 2.14 bits per heavy atom. The second kappa shape index (κ2) is 16.8. The van der Waals surface area contributed by atoms with Crippen LogP contribution >= 0.6 is 0 Å². The van der Waals surface area contributed by atoms with Gasteiger partial charge in [-0.2, -0.15) is 0 Å². The minimum absolute atomic E-state index is 0.195. The topological polar surface area (TPSA) is 52.6 Å². The lowest BCUT2D eigenvalue weighted by atomic mass is 10.1. The number of nitrogens with zero attached hydrogens (tertiary/aromatic N) is 1. The molecule has 4 nitrogen and oxygen atoms in total. The Balaban J connectivity index is 3.45. The van der Waals surface area contributed by atoms with Crippen molar-refractivity contribution in [1.29, 1.82) is 0 Å². The van der Waals surface area contributed by atoms with Crippen LogP contribution in [-0.4, -0.2) is 48.7 Å². The Morgan fingerprint density at radius 2 is 1.55 bits per heavy atom. The lowest BCUT2D eigenvalue weighted by molar-refractivity contribution is -0.121. The Hall–Kier alpha value is -0.610. The monoisotopic (exact) mass is 314 g/mol. The highest BCUT2D eigenvalue weighted by atomic mass is 16.2. The van der Waals surface area contributed by atoms with E-state index in [2.05, 4.69) is 24.1 Å². The molecule has 22 heavy (non-hydrogen) atoms. The third-order valence-corrected chi connectivity index (χ3v) is 4.09. The molecule has 0 aliphatic heterocycles. The van der Waals surface area contributed by atoms with Crippen molar-refractivity contribution in [2.45, 2.75) is 78.1 Å². The summed E-state index contributed by atoms with van der Waals surface area (Å²) in [4.78, 5) is 14.0. The zero-order chi connectivity index (χ0) is 16.5. The molecule has 2 N–H and O–H groups in total. The molecular formula is C18H38N2O2. The molecule has 132 valence electrons. The summed E-state index contributed by atoms with van der Waals surface area (Å²) in [5, 5.41) is 11.7. The molecule has 0 saturated heterocycles. The molecule has 0 saturated carbocycles.